The van der Waals surface area contributed by atoms with Gasteiger partial charge in [0.25, 0.3) is 0 Å². The van der Waals surface area contributed by atoms with Crippen LogP contribution in [0.25, 0.3) is 11.1 Å². The van der Waals surface area contributed by atoms with Crippen LogP contribution in [0.5, 0.6) is 0 Å². The van der Waals surface area contributed by atoms with E-state index in [0.29, 0.717) is 18.7 Å². The molecule has 2 amide bonds. The van der Waals surface area contributed by atoms with Crippen molar-refractivity contribution in [2.45, 2.75) is 23.7 Å². The molecule has 8 nitrogen and oxygen atoms in total. The lowest BCUT2D eigenvalue weighted by molar-refractivity contribution is -0.139. The fourth-order valence-electron chi connectivity index (χ4n) is 5.12. The molecule has 2 saturated heterocycles. The summed E-state index contributed by atoms with van der Waals surface area (Å²) in [6, 6.07) is 16.4. The highest BCUT2D eigenvalue weighted by Gasteiger charge is 2.37. The van der Waals surface area contributed by atoms with Crippen molar-refractivity contribution < 1.29 is 29.0 Å². The maximum absolute atomic E-state index is 12.8. The molecule has 3 aliphatic rings. The van der Waals surface area contributed by atoms with Gasteiger partial charge in [-0.3, -0.25) is 9.59 Å². The van der Waals surface area contributed by atoms with Gasteiger partial charge in [0.2, 0.25) is 5.91 Å². The number of amides is 2. The molecule has 1 aliphatic carbocycles. The SMILES string of the molecule is O=C(NCC1CC(C(=O)N2CCSC(C(=O)O)C2)CO1)OCC1c2ccccc2-c2ccccc21. The molecule has 2 heterocycles. The Labute approximate surface area is 208 Å². The van der Waals surface area contributed by atoms with Gasteiger partial charge in [0, 0.05) is 31.3 Å². The van der Waals surface area contributed by atoms with E-state index in [2.05, 4.69) is 29.6 Å². The third kappa shape index (κ3) is 5.01. The van der Waals surface area contributed by atoms with Gasteiger partial charge in [-0.05, 0) is 28.7 Å². The molecular weight excluding hydrogens is 468 g/mol. The number of carboxylic acids is 1. The lowest BCUT2D eigenvalue weighted by atomic mass is 9.98. The van der Waals surface area contributed by atoms with E-state index in [9.17, 15) is 19.5 Å². The van der Waals surface area contributed by atoms with Crippen molar-refractivity contribution >= 4 is 29.7 Å². The normalized spacial score (nSPS) is 23.4. The average molecular weight is 497 g/mol. The molecule has 35 heavy (non-hydrogen) atoms. The van der Waals surface area contributed by atoms with Crippen LogP contribution in [-0.4, -0.2) is 77.9 Å². The Morgan fingerprint density at radius 2 is 1.77 bits per heavy atom. The van der Waals surface area contributed by atoms with E-state index in [-0.39, 0.29) is 50.2 Å². The van der Waals surface area contributed by atoms with Crippen LogP contribution in [0.15, 0.2) is 48.5 Å². The van der Waals surface area contributed by atoms with Gasteiger partial charge in [0.1, 0.15) is 11.9 Å². The van der Waals surface area contributed by atoms with Crippen LogP contribution in [-0.2, 0) is 19.1 Å². The van der Waals surface area contributed by atoms with E-state index in [1.165, 1.54) is 22.9 Å². The minimum absolute atomic E-state index is 0.00443. The van der Waals surface area contributed by atoms with Crippen molar-refractivity contribution in [1.82, 2.24) is 10.2 Å². The molecular formula is C26H28N2O6S. The fourth-order valence-corrected chi connectivity index (χ4v) is 6.16. The number of rotatable bonds is 6. The zero-order valence-corrected chi connectivity index (χ0v) is 20.0. The molecule has 0 spiro atoms. The molecule has 0 aromatic heterocycles. The van der Waals surface area contributed by atoms with Gasteiger partial charge in [0.05, 0.1) is 18.6 Å². The minimum atomic E-state index is -0.889. The van der Waals surface area contributed by atoms with Crippen molar-refractivity contribution in [3.8, 4) is 11.1 Å². The molecule has 2 N–H and O–H groups in total. The molecule has 0 radical (unpaired) electrons. The van der Waals surface area contributed by atoms with Crippen LogP contribution >= 0.6 is 11.8 Å². The van der Waals surface area contributed by atoms with Crippen LogP contribution < -0.4 is 5.32 Å². The van der Waals surface area contributed by atoms with Crippen molar-refractivity contribution in [3.05, 3.63) is 59.7 Å². The first-order valence-electron chi connectivity index (χ1n) is 11.8. The van der Waals surface area contributed by atoms with E-state index < -0.39 is 17.3 Å². The van der Waals surface area contributed by atoms with Gasteiger partial charge < -0.3 is 24.8 Å². The first-order chi connectivity index (χ1) is 17.0. The Morgan fingerprint density at radius 3 is 2.46 bits per heavy atom. The van der Waals surface area contributed by atoms with Gasteiger partial charge in [-0.25, -0.2) is 4.79 Å². The number of benzene rings is 2. The number of thioether (sulfide) groups is 1. The summed E-state index contributed by atoms with van der Waals surface area (Å²) in [5, 5.41) is 11.4. The Hall–Kier alpha value is -3.04. The zero-order valence-electron chi connectivity index (χ0n) is 19.2. The number of nitrogens with one attached hydrogen (secondary N) is 1. The molecule has 5 rings (SSSR count). The Balaban J connectivity index is 1.09. The van der Waals surface area contributed by atoms with Crippen LogP contribution in [0.3, 0.4) is 0 Å². The third-order valence-electron chi connectivity index (χ3n) is 6.90. The zero-order chi connectivity index (χ0) is 24.4. The number of fused-ring (bicyclic) bond motifs is 3. The average Bonchev–Trinajstić information content (AvgIpc) is 3.49. The van der Waals surface area contributed by atoms with Gasteiger partial charge >= 0.3 is 12.1 Å². The standard InChI is InChI=1S/C26H28N2O6S/c29-24(28-9-10-35-23(13-28)25(30)31)16-11-17(33-14-16)12-27-26(32)34-15-22-20-7-3-1-5-18(20)19-6-2-4-8-21(19)22/h1-8,16-17,22-23H,9-15H2,(H,27,32)(H,30,31). The summed E-state index contributed by atoms with van der Waals surface area (Å²) < 4.78 is 11.3. The van der Waals surface area contributed by atoms with E-state index in [1.54, 1.807) is 4.90 Å². The number of hydrogen-bond acceptors (Lipinski definition) is 6. The van der Waals surface area contributed by atoms with Crippen LogP contribution in [0.2, 0.25) is 0 Å². The quantitative estimate of drug-likeness (QED) is 0.634. The summed E-state index contributed by atoms with van der Waals surface area (Å²) in [5.41, 5.74) is 4.66. The number of aliphatic carboxylic acids is 1. The molecule has 184 valence electrons. The predicted molar refractivity (Wildman–Crippen MR) is 131 cm³/mol. The summed E-state index contributed by atoms with van der Waals surface area (Å²) in [7, 11) is 0. The number of carboxylic acid groups (broad SMARTS) is 1. The monoisotopic (exact) mass is 496 g/mol. The third-order valence-corrected chi connectivity index (χ3v) is 8.07. The second kappa shape index (κ2) is 10.3. The summed E-state index contributed by atoms with van der Waals surface area (Å²) in [6.07, 6.45) is -0.300. The summed E-state index contributed by atoms with van der Waals surface area (Å²) in [5.74, 6) is -0.666. The van der Waals surface area contributed by atoms with Crippen molar-refractivity contribution in [2.24, 2.45) is 5.92 Å². The largest absolute Gasteiger partial charge is 0.480 e. The molecule has 3 atom stereocenters. The lowest BCUT2D eigenvalue weighted by Crippen LogP contribution is -2.47. The van der Waals surface area contributed by atoms with Crippen LogP contribution in [0, 0.1) is 5.92 Å². The van der Waals surface area contributed by atoms with E-state index in [0.717, 1.165) is 11.1 Å². The lowest BCUT2D eigenvalue weighted by Gasteiger charge is -2.31. The predicted octanol–water partition coefficient (Wildman–Crippen LogP) is 2.96. The maximum Gasteiger partial charge on any atom is 0.407 e. The highest BCUT2D eigenvalue weighted by atomic mass is 32.2. The summed E-state index contributed by atoms with van der Waals surface area (Å²) in [6.45, 7) is 1.54. The topological polar surface area (TPSA) is 105 Å². The molecule has 2 aliphatic heterocycles. The molecule has 9 heteroatoms. The maximum atomic E-state index is 12.8. The van der Waals surface area contributed by atoms with E-state index >= 15 is 0 Å². The fraction of sp³-hybridized carbons (Fsp3) is 0.423. The van der Waals surface area contributed by atoms with Crippen molar-refractivity contribution in [3.63, 3.8) is 0 Å². The molecule has 2 aromatic rings. The number of hydrogen-bond donors (Lipinski definition) is 2. The number of ether oxygens (including phenoxy) is 2. The molecule has 0 bridgehead atoms. The molecule has 2 fully saturated rings. The second-order valence-electron chi connectivity index (χ2n) is 9.08. The highest BCUT2D eigenvalue weighted by molar-refractivity contribution is 8.00. The number of carbonyl (C=O) groups excluding carboxylic acids is 2. The first kappa shape index (κ1) is 23.7. The van der Waals surface area contributed by atoms with Gasteiger partial charge in [-0.1, -0.05) is 48.5 Å². The minimum Gasteiger partial charge on any atom is -0.480 e. The highest BCUT2D eigenvalue weighted by Crippen LogP contribution is 2.44. The van der Waals surface area contributed by atoms with Gasteiger partial charge in [0.15, 0.2) is 0 Å². The van der Waals surface area contributed by atoms with E-state index in [4.69, 9.17) is 9.47 Å². The van der Waals surface area contributed by atoms with Crippen LogP contribution in [0.1, 0.15) is 23.5 Å². The molecule has 2 aromatic carbocycles. The Morgan fingerprint density at radius 1 is 1.09 bits per heavy atom. The second-order valence-corrected chi connectivity index (χ2v) is 10.4. The number of carbonyl (C=O) groups is 3. The van der Waals surface area contributed by atoms with E-state index in [1.807, 2.05) is 24.3 Å². The van der Waals surface area contributed by atoms with Gasteiger partial charge in [-0.2, -0.15) is 0 Å². The number of alkyl carbamates (subject to hydrolysis) is 1. The Kier molecular flexibility index (Phi) is 6.97. The Bertz CT molecular complexity index is 1080. The molecule has 3 unspecified atom stereocenters. The number of nitrogens with zero attached hydrogens (tertiary/aromatic N) is 1. The van der Waals surface area contributed by atoms with Gasteiger partial charge in [-0.15, -0.1) is 11.8 Å². The first-order valence-corrected chi connectivity index (χ1v) is 12.9. The van der Waals surface area contributed by atoms with Crippen molar-refractivity contribution in [1.29, 1.82) is 0 Å². The van der Waals surface area contributed by atoms with Crippen LogP contribution in [0.4, 0.5) is 4.79 Å². The summed E-state index contributed by atoms with van der Waals surface area (Å²) in [4.78, 5) is 38.2. The van der Waals surface area contributed by atoms with Crippen molar-refractivity contribution in [2.75, 3.05) is 38.6 Å². The summed E-state index contributed by atoms with van der Waals surface area (Å²) >= 11 is 1.37. The smallest absolute Gasteiger partial charge is 0.407 e. The molecule has 0 saturated carbocycles.